The van der Waals surface area contributed by atoms with Crippen molar-refractivity contribution >= 4 is 187 Å². The SMILES string of the molecule is Cc1cccc(N(c2ccc3c4c5ccc6c(c5ccc4n(-c4ccccc4)c3c2)c2ccc(-c3cccc(-c4ccc5c7c8ccc9c(c8ccc7n(-c7ccccc7)c5c4)c4ccc(N(c5cccc(C)c5)c5cccc7c5oc5ccccc57)cc4n9-c4ccccc4)c3)cc2n6-c2ccccc2)c2cccc3c2oc2ccccc23)c1. The maximum absolute atomic E-state index is 6.81. The van der Waals surface area contributed by atoms with Gasteiger partial charge in [-0.2, -0.15) is 0 Å². The van der Waals surface area contributed by atoms with Gasteiger partial charge in [-0.3, -0.25) is 0 Å². The molecule has 0 bridgehead atoms. The Morgan fingerprint density at radius 1 is 0.192 bits per heavy atom. The highest BCUT2D eigenvalue weighted by molar-refractivity contribution is 6.32. The van der Waals surface area contributed by atoms with Gasteiger partial charge in [0.05, 0.1) is 55.5 Å². The van der Waals surface area contributed by atoms with E-state index in [1.54, 1.807) is 0 Å². The molecule has 0 unspecified atom stereocenters. The molecule has 120 heavy (non-hydrogen) atoms. The second-order valence-corrected chi connectivity index (χ2v) is 32.0. The third-order valence-electron chi connectivity index (χ3n) is 25.1. The van der Waals surface area contributed by atoms with Crippen LogP contribution in [0.25, 0.3) is 198 Å². The Morgan fingerprint density at radius 2 is 0.483 bits per heavy atom. The van der Waals surface area contributed by atoms with Crippen molar-refractivity contribution in [3.05, 3.63) is 412 Å². The van der Waals surface area contributed by atoms with Gasteiger partial charge < -0.3 is 36.9 Å². The van der Waals surface area contributed by atoms with Crippen LogP contribution < -0.4 is 9.80 Å². The fourth-order valence-corrected chi connectivity index (χ4v) is 20.0. The van der Waals surface area contributed by atoms with Crippen LogP contribution in [0, 0.1) is 13.8 Å². The zero-order valence-corrected chi connectivity index (χ0v) is 65.6. The zero-order chi connectivity index (χ0) is 79.0. The highest BCUT2D eigenvalue weighted by atomic mass is 16.3. The van der Waals surface area contributed by atoms with Gasteiger partial charge in [-0.1, -0.05) is 237 Å². The van der Waals surface area contributed by atoms with Crippen molar-refractivity contribution in [2.24, 2.45) is 0 Å². The van der Waals surface area contributed by atoms with E-state index >= 15 is 0 Å². The molecule has 0 aliphatic rings. The lowest BCUT2D eigenvalue weighted by Gasteiger charge is -2.26. The second kappa shape index (κ2) is 26.3. The lowest BCUT2D eigenvalue weighted by molar-refractivity contribution is 0.668. The Labute approximate surface area is 689 Å². The fraction of sp³-hybridized carbons (Fsp3) is 0.0179. The molecule has 8 heteroatoms. The largest absolute Gasteiger partial charge is 0.454 e. The molecule has 0 aliphatic carbocycles. The number of hydrogen-bond acceptors (Lipinski definition) is 4. The standard InChI is InChI=1S/C112H72N6O2/c1-69-24-19-36-79(62-69)113(99-42-22-40-89-83-38-15-17-44-105(83)119-111(89)99)81-48-52-93-103(67-81)117(77-32-11-5-12-33-77)97-60-56-85-87(109(93)97)54-58-95-107(85)91-50-46-73(65-101(91)115(95)75-28-7-3-8-29-75)71-26-21-27-72(64-71)74-47-51-92-102(66-74)116(76-30-9-4-10-31-76)96-59-55-88-86(108(92)96)57-61-98-110(88)94-53-49-82(68-104(94)118(98)78-34-13-6-14-35-78)114(80-37-20-25-70(2)63-80)100-43-23-41-90-84-39-16-18-45-106(84)120-112(90)100/h3-68H,1-2H3. The molecule has 0 saturated heterocycles. The van der Waals surface area contributed by atoms with Crippen LogP contribution in [-0.2, 0) is 0 Å². The minimum atomic E-state index is 0.850. The van der Waals surface area contributed by atoms with Crippen LogP contribution in [0.15, 0.2) is 409 Å². The number of para-hydroxylation sites is 8. The lowest BCUT2D eigenvalue weighted by atomic mass is 9.96. The molecule has 0 amide bonds. The second-order valence-electron chi connectivity index (χ2n) is 32.0. The molecule has 0 aliphatic heterocycles. The highest BCUT2D eigenvalue weighted by Gasteiger charge is 2.28. The number of anilines is 6. The molecule has 8 nitrogen and oxygen atoms in total. The molecule has 25 rings (SSSR count). The first-order chi connectivity index (χ1) is 59.3. The summed E-state index contributed by atoms with van der Waals surface area (Å²) in [6.45, 7) is 4.33. The lowest BCUT2D eigenvalue weighted by Crippen LogP contribution is -2.10. The average molecular weight is 1530 g/mol. The number of aromatic nitrogens is 4. The summed E-state index contributed by atoms with van der Waals surface area (Å²) in [6.07, 6.45) is 0. The number of nitrogens with zero attached hydrogens (tertiary/aromatic N) is 6. The van der Waals surface area contributed by atoms with Crippen LogP contribution in [-0.4, -0.2) is 18.3 Å². The first-order valence-corrected chi connectivity index (χ1v) is 41.2. The molecule has 6 aromatic heterocycles. The van der Waals surface area contributed by atoms with E-state index in [1.165, 1.54) is 75.8 Å². The summed E-state index contributed by atoms with van der Waals surface area (Å²) in [6, 6.07) is 147. The molecule has 19 aromatic carbocycles. The summed E-state index contributed by atoms with van der Waals surface area (Å²) in [5.74, 6) is 0. The molecule has 0 spiro atoms. The van der Waals surface area contributed by atoms with E-state index in [2.05, 4.69) is 430 Å². The first kappa shape index (κ1) is 67.4. The van der Waals surface area contributed by atoms with Crippen molar-refractivity contribution in [3.63, 3.8) is 0 Å². The molecule has 0 atom stereocenters. The number of rotatable bonds is 12. The number of aryl methyl sites for hydroxylation is 2. The van der Waals surface area contributed by atoms with Crippen molar-refractivity contribution < 1.29 is 8.83 Å². The van der Waals surface area contributed by atoms with Gasteiger partial charge in [-0.05, 0) is 233 Å². The van der Waals surface area contributed by atoms with Crippen LogP contribution in [0.1, 0.15) is 11.1 Å². The van der Waals surface area contributed by atoms with Crippen molar-refractivity contribution in [2.75, 3.05) is 9.80 Å². The quantitative estimate of drug-likeness (QED) is 0.122. The van der Waals surface area contributed by atoms with E-state index in [1.807, 2.05) is 12.1 Å². The third kappa shape index (κ3) is 10.2. The number of hydrogen-bond donors (Lipinski definition) is 0. The Kier molecular flexibility index (Phi) is 14.8. The topological polar surface area (TPSA) is 52.5 Å². The minimum Gasteiger partial charge on any atom is -0.454 e. The number of benzene rings is 19. The van der Waals surface area contributed by atoms with E-state index in [9.17, 15) is 0 Å². The van der Waals surface area contributed by atoms with Gasteiger partial charge in [0.15, 0.2) is 11.2 Å². The predicted octanol–water partition coefficient (Wildman–Crippen LogP) is 31.1. The van der Waals surface area contributed by atoms with Gasteiger partial charge in [0.2, 0.25) is 0 Å². The Bertz CT molecular complexity index is 8080. The summed E-state index contributed by atoms with van der Waals surface area (Å²) >= 11 is 0. The van der Waals surface area contributed by atoms with Crippen molar-refractivity contribution in [2.45, 2.75) is 13.8 Å². The van der Waals surface area contributed by atoms with Gasteiger partial charge in [-0.15, -0.1) is 0 Å². The molecule has 0 fully saturated rings. The monoisotopic (exact) mass is 1530 g/mol. The molecular weight excluding hydrogens is 1460 g/mol. The van der Waals surface area contributed by atoms with E-state index < -0.39 is 0 Å². The molecule has 0 radical (unpaired) electrons. The summed E-state index contributed by atoms with van der Waals surface area (Å²) in [4.78, 5) is 4.73. The van der Waals surface area contributed by atoms with Crippen LogP contribution in [0.5, 0.6) is 0 Å². The van der Waals surface area contributed by atoms with Gasteiger partial charge in [-0.25, -0.2) is 0 Å². The maximum Gasteiger partial charge on any atom is 0.159 e. The molecule has 6 heterocycles. The summed E-state index contributed by atoms with van der Waals surface area (Å²) in [5, 5.41) is 18.8. The normalized spacial score (nSPS) is 12.1. The fourth-order valence-electron chi connectivity index (χ4n) is 20.0. The van der Waals surface area contributed by atoms with E-state index in [0.717, 1.165) is 167 Å². The van der Waals surface area contributed by atoms with Gasteiger partial charge >= 0.3 is 0 Å². The Morgan fingerprint density at radius 3 is 0.850 bits per heavy atom. The Balaban J connectivity index is 0.630. The Hall–Kier alpha value is -15.9. The minimum absolute atomic E-state index is 0.850. The van der Waals surface area contributed by atoms with Crippen LogP contribution in [0.3, 0.4) is 0 Å². The highest BCUT2D eigenvalue weighted by Crippen LogP contribution is 2.51. The van der Waals surface area contributed by atoms with Crippen LogP contribution >= 0.6 is 0 Å². The number of furan rings is 2. The van der Waals surface area contributed by atoms with Crippen LogP contribution in [0.4, 0.5) is 34.1 Å². The van der Waals surface area contributed by atoms with Gasteiger partial charge in [0.25, 0.3) is 0 Å². The zero-order valence-electron chi connectivity index (χ0n) is 65.6. The molecule has 0 N–H and O–H groups in total. The molecule has 25 aromatic rings. The summed E-state index contributed by atoms with van der Waals surface area (Å²) in [5.41, 5.74) is 30.0. The average Bonchev–Trinajstić information content (AvgIpc) is 1.55. The summed E-state index contributed by atoms with van der Waals surface area (Å²) < 4.78 is 23.5. The molecule has 0 saturated carbocycles. The molecular formula is C112H72N6O2. The van der Waals surface area contributed by atoms with Gasteiger partial charge in [0.1, 0.15) is 11.2 Å². The summed E-state index contributed by atoms with van der Waals surface area (Å²) in [7, 11) is 0. The maximum atomic E-state index is 6.81. The van der Waals surface area contributed by atoms with Gasteiger partial charge in [0, 0.05) is 110 Å². The smallest absolute Gasteiger partial charge is 0.159 e. The van der Waals surface area contributed by atoms with Crippen molar-refractivity contribution in [1.29, 1.82) is 0 Å². The third-order valence-corrected chi connectivity index (χ3v) is 25.1. The predicted molar refractivity (Wildman–Crippen MR) is 503 cm³/mol. The van der Waals surface area contributed by atoms with E-state index in [0.29, 0.717) is 0 Å². The van der Waals surface area contributed by atoms with E-state index in [4.69, 9.17) is 8.83 Å². The first-order valence-electron chi connectivity index (χ1n) is 41.2. The molecule has 562 valence electrons. The van der Waals surface area contributed by atoms with Crippen LogP contribution in [0.2, 0.25) is 0 Å². The van der Waals surface area contributed by atoms with Crippen molar-refractivity contribution in [1.82, 2.24) is 18.3 Å². The number of fused-ring (bicyclic) bond motifs is 24. The van der Waals surface area contributed by atoms with Crippen molar-refractivity contribution in [3.8, 4) is 45.0 Å². The van der Waals surface area contributed by atoms with E-state index in [-0.39, 0.29) is 0 Å².